The van der Waals surface area contributed by atoms with Crippen LogP contribution in [-0.4, -0.2) is 57.4 Å². The van der Waals surface area contributed by atoms with Gasteiger partial charge in [-0.25, -0.2) is 12.7 Å². The molecule has 2 heterocycles. The Morgan fingerprint density at radius 2 is 1.83 bits per heavy atom. The second-order valence-corrected chi connectivity index (χ2v) is 10.0. The predicted octanol–water partition coefficient (Wildman–Crippen LogP) is 3.34. The number of sulfonamides is 1. The molecule has 30 heavy (non-hydrogen) atoms. The van der Waals surface area contributed by atoms with E-state index < -0.39 is 10.0 Å². The fourth-order valence-corrected chi connectivity index (χ4v) is 5.21. The van der Waals surface area contributed by atoms with Crippen molar-refractivity contribution in [2.45, 2.75) is 23.8 Å². The van der Waals surface area contributed by atoms with Crippen molar-refractivity contribution in [1.82, 2.24) is 9.21 Å². The number of likely N-dealkylation sites (tertiary alicyclic amines) is 1. The first-order chi connectivity index (χ1) is 14.3. The van der Waals surface area contributed by atoms with Crippen LogP contribution in [0.5, 0.6) is 11.5 Å². The molecular formula is C21H23ClN2O5S. The number of benzene rings is 2. The fraction of sp³-hybridized carbons (Fsp3) is 0.381. The molecule has 0 bridgehead atoms. The number of carbonyl (C=O) groups is 1. The van der Waals surface area contributed by atoms with Gasteiger partial charge in [-0.2, -0.15) is 0 Å². The summed E-state index contributed by atoms with van der Waals surface area (Å²) in [6.45, 7) is 1.61. The molecule has 1 atom stereocenters. The zero-order valence-corrected chi connectivity index (χ0v) is 18.4. The van der Waals surface area contributed by atoms with Gasteiger partial charge in [-0.05, 0) is 48.7 Å². The molecule has 160 valence electrons. The highest BCUT2D eigenvalue weighted by Gasteiger charge is 2.32. The summed E-state index contributed by atoms with van der Waals surface area (Å²) < 4.78 is 37.5. The normalized spacial score (nSPS) is 18.7. The fourth-order valence-electron chi connectivity index (χ4n) is 3.82. The first-order valence-corrected chi connectivity index (χ1v) is 11.5. The minimum Gasteiger partial charge on any atom is -0.486 e. The number of amides is 1. The van der Waals surface area contributed by atoms with Gasteiger partial charge in [-0.3, -0.25) is 4.79 Å². The summed E-state index contributed by atoms with van der Waals surface area (Å²) in [7, 11) is -0.905. The first-order valence-electron chi connectivity index (χ1n) is 9.71. The van der Waals surface area contributed by atoms with Gasteiger partial charge in [-0.1, -0.05) is 17.7 Å². The number of halogens is 1. The van der Waals surface area contributed by atoms with E-state index in [-0.39, 0.29) is 21.9 Å². The van der Waals surface area contributed by atoms with E-state index in [0.29, 0.717) is 36.8 Å². The summed E-state index contributed by atoms with van der Waals surface area (Å²) >= 11 is 6.12. The van der Waals surface area contributed by atoms with E-state index in [2.05, 4.69) is 0 Å². The lowest BCUT2D eigenvalue weighted by molar-refractivity contribution is 0.0735. The van der Waals surface area contributed by atoms with Gasteiger partial charge >= 0.3 is 0 Å². The molecule has 1 fully saturated rings. The molecular weight excluding hydrogens is 428 g/mol. The topological polar surface area (TPSA) is 76.2 Å². The van der Waals surface area contributed by atoms with Crippen molar-refractivity contribution in [2.75, 3.05) is 33.9 Å². The van der Waals surface area contributed by atoms with E-state index in [1.54, 1.807) is 11.0 Å². The Morgan fingerprint density at radius 3 is 2.57 bits per heavy atom. The minimum atomic E-state index is -3.76. The molecule has 0 aromatic heterocycles. The maximum absolute atomic E-state index is 13.3. The number of ether oxygens (including phenoxy) is 2. The van der Waals surface area contributed by atoms with Crippen LogP contribution in [0.15, 0.2) is 41.3 Å². The van der Waals surface area contributed by atoms with Crippen LogP contribution >= 0.6 is 11.6 Å². The van der Waals surface area contributed by atoms with Crippen LogP contribution in [0.3, 0.4) is 0 Å². The van der Waals surface area contributed by atoms with Crippen LogP contribution in [0.2, 0.25) is 5.02 Å². The van der Waals surface area contributed by atoms with E-state index in [0.717, 1.165) is 22.7 Å². The second-order valence-electron chi connectivity index (χ2n) is 7.49. The third kappa shape index (κ3) is 3.75. The lowest BCUT2D eigenvalue weighted by atomic mass is 10.0. The molecule has 9 heteroatoms. The Balaban J connectivity index is 1.65. The Labute approximate surface area is 181 Å². The third-order valence-electron chi connectivity index (χ3n) is 5.40. The van der Waals surface area contributed by atoms with Gasteiger partial charge in [-0.15, -0.1) is 0 Å². The predicted molar refractivity (Wildman–Crippen MR) is 113 cm³/mol. The molecule has 1 amide bonds. The Hall–Kier alpha value is -2.29. The quantitative estimate of drug-likeness (QED) is 0.714. The number of carbonyl (C=O) groups excluding carboxylic acids is 1. The zero-order chi connectivity index (χ0) is 21.5. The highest BCUT2D eigenvalue weighted by atomic mass is 35.5. The summed E-state index contributed by atoms with van der Waals surface area (Å²) in [4.78, 5) is 15.0. The standard InChI is InChI=1S/C21H23ClN2O5S/c1-23(2)30(26,27)20-13-15(5-7-16(20)22)21(25)24-9-3-4-17(24)14-6-8-18-19(12-14)29-11-10-28-18/h5-8,12-13,17H,3-4,9-11H2,1-2H3. The lowest BCUT2D eigenvalue weighted by Crippen LogP contribution is -2.31. The minimum absolute atomic E-state index is 0.0740. The van der Waals surface area contributed by atoms with Crippen molar-refractivity contribution < 1.29 is 22.7 Å². The molecule has 7 nitrogen and oxygen atoms in total. The maximum atomic E-state index is 13.3. The number of rotatable bonds is 4. The lowest BCUT2D eigenvalue weighted by Gasteiger charge is -2.27. The SMILES string of the molecule is CN(C)S(=O)(=O)c1cc(C(=O)N2CCCC2c2ccc3c(c2)OCCO3)ccc1Cl. The summed E-state index contributed by atoms with van der Waals surface area (Å²) in [5.74, 6) is 1.17. The first kappa shape index (κ1) is 21.0. The summed E-state index contributed by atoms with van der Waals surface area (Å²) in [6.07, 6.45) is 1.68. The van der Waals surface area contributed by atoms with Crippen LogP contribution in [0.4, 0.5) is 0 Å². The molecule has 0 N–H and O–H groups in total. The highest BCUT2D eigenvalue weighted by molar-refractivity contribution is 7.89. The third-order valence-corrected chi connectivity index (χ3v) is 7.70. The molecule has 0 aliphatic carbocycles. The van der Waals surface area contributed by atoms with Gasteiger partial charge in [0.1, 0.15) is 18.1 Å². The second kappa shape index (κ2) is 8.09. The van der Waals surface area contributed by atoms with E-state index >= 15 is 0 Å². The molecule has 0 spiro atoms. The number of hydrogen-bond acceptors (Lipinski definition) is 5. The van der Waals surface area contributed by atoms with Gasteiger partial charge in [0.15, 0.2) is 11.5 Å². The molecule has 1 saturated heterocycles. The van der Waals surface area contributed by atoms with Crippen molar-refractivity contribution in [1.29, 1.82) is 0 Å². The number of fused-ring (bicyclic) bond motifs is 1. The van der Waals surface area contributed by atoms with Crippen molar-refractivity contribution in [3.8, 4) is 11.5 Å². The van der Waals surface area contributed by atoms with E-state index in [1.165, 1.54) is 26.2 Å². The van der Waals surface area contributed by atoms with Crippen molar-refractivity contribution in [3.05, 3.63) is 52.5 Å². The van der Waals surface area contributed by atoms with Crippen LogP contribution in [0, 0.1) is 0 Å². The van der Waals surface area contributed by atoms with Crippen LogP contribution in [0.1, 0.15) is 34.8 Å². The van der Waals surface area contributed by atoms with Gasteiger partial charge in [0.2, 0.25) is 10.0 Å². The van der Waals surface area contributed by atoms with Gasteiger partial charge < -0.3 is 14.4 Å². The van der Waals surface area contributed by atoms with E-state index in [1.807, 2.05) is 18.2 Å². The average molecular weight is 451 g/mol. The van der Waals surface area contributed by atoms with Gasteiger partial charge in [0.05, 0.1) is 11.1 Å². The van der Waals surface area contributed by atoms with Crippen molar-refractivity contribution >= 4 is 27.5 Å². The Morgan fingerprint density at radius 1 is 1.10 bits per heavy atom. The largest absolute Gasteiger partial charge is 0.486 e. The molecule has 0 saturated carbocycles. The highest BCUT2D eigenvalue weighted by Crippen LogP contribution is 2.39. The molecule has 2 aromatic rings. The summed E-state index contributed by atoms with van der Waals surface area (Å²) in [6, 6.07) is 10.0. The number of nitrogens with zero attached hydrogens (tertiary/aromatic N) is 2. The molecule has 4 rings (SSSR count). The molecule has 0 radical (unpaired) electrons. The zero-order valence-electron chi connectivity index (χ0n) is 16.8. The van der Waals surface area contributed by atoms with Gasteiger partial charge in [0, 0.05) is 26.2 Å². The van der Waals surface area contributed by atoms with Gasteiger partial charge in [0.25, 0.3) is 5.91 Å². The van der Waals surface area contributed by atoms with Crippen LogP contribution in [-0.2, 0) is 10.0 Å². The molecule has 2 aliphatic rings. The van der Waals surface area contributed by atoms with E-state index in [4.69, 9.17) is 21.1 Å². The monoisotopic (exact) mass is 450 g/mol. The van der Waals surface area contributed by atoms with Crippen LogP contribution in [0.25, 0.3) is 0 Å². The molecule has 1 unspecified atom stereocenters. The average Bonchev–Trinajstić information content (AvgIpc) is 3.23. The number of hydrogen-bond donors (Lipinski definition) is 0. The molecule has 2 aromatic carbocycles. The smallest absolute Gasteiger partial charge is 0.254 e. The van der Waals surface area contributed by atoms with E-state index in [9.17, 15) is 13.2 Å². The summed E-state index contributed by atoms with van der Waals surface area (Å²) in [5.41, 5.74) is 1.27. The Bertz CT molecular complexity index is 1090. The van der Waals surface area contributed by atoms with Crippen molar-refractivity contribution in [3.63, 3.8) is 0 Å². The Kier molecular flexibility index (Phi) is 5.65. The maximum Gasteiger partial charge on any atom is 0.254 e. The van der Waals surface area contributed by atoms with Crippen LogP contribution < -0.4 is 9.47 Å². The van der Waals surface area contributed by atoms with Crippen molar-refractivity contribution in [2.24, 2.45) is 0 Å². The summed E-state index contributed by atoms with van der Waals surface area (Å²) in [5, 5.41) is 0.0880. The molecule has 2 aliphatic heterocycles.